The Kier molecular flexibility index (Phi) is 15.5. The normalized spacial score (nSPS) is 23.0. The number of hydrogen-bond donors (Lipinski definition) is 6. The predicted molar refractivity (Wildman–Crippen MR) is 185 cm³/mol. The van der Waals surface area contributed by atoms with E-state index in [1.165, 1.54) is 31.1 Å². The lowest BCUT2D eigenvalue weighted by Gasteiger charge is -2.30. The summed E-state index contributed by atoms with van der Waals surface area (Å²) in [5.41, 5.74) is -0.534. The van der Waals surface area contributed by atoms with E-state index in [0.29, 0.717) is 24.1 Å². The van der Waals surface area contributed by atoms with Gasteiger partial charge in [-0.05, 0) is 25.5 Å². The summed E-state index contributed by atoms with van der Waals surface area (Å²) in [6, 6.07) is 0. The quantitative estimate of drug-likeness (QED) is 0.0778. The number of rotatable bonds is 21. The fraction of sp³-hybridized carbons (Fsp3) is 0.750. The molecule has 7 unspecified atom stereocenters. The second-order valence-electron chi connectivity index (χ2n) is 13.8. The van der Waals surface area contributed by atoms with Crippen molar-refractivity contribution in [2.24, 2.45) is 5.41 Å². The third-order valence-corrected chi connectivity index (χ3v) is 12.1. The van der Waals surface area contributed by atoms with Crippen molar-refractivity contribution in [3.05, 3.63) is 18.3 Å². The second-order valence-corrected chi connectivity index (χ2v) is 20.0. The molecule has 1 fully saturated rings. The summed E-state index contributed by atoms with van der Waals surface area (Å²) >= 11 is 1.75. The van der Waals surface area contributed by atoms with Crippen molar-refractivity contribution in [2.45, 2.75) is 109 Å². The number of Topliss-reactive ketones (excluding diaryl/α,β-unsaturated/α-hetero) is 2. The Morgan fingerprint density at radius 2 is 1.62 bits per heavy atom. The van der Waals surface area contributed by atoms with E-state index in [1.54, 1.807) is 18.7 Å². The Labute approximate surface area is 304 Å². The molecule has 0 radical (unpaired) electrons. The average Bonchev–Trinajstić information content (AvgIpc) is 3.56. The summed E-state index contributed by atoms with van der Waals surface area (Å²) in [4.78, 5) is 76.2. The molecule has 1 aliphatic rings. The molecule has 3 heterocycles. The maximum Gasteiger partial charge on any atom is 0.481 e. The molecule has 2 aromatic heterocycles. The molecule has 24 heteroatoms. The Bertz CT molecular complexity index is 1700. The van der Waals surface area contributed by atoms with Crippen LogP contribution in [0.4, 0.5) is 0 Å². The molecule has 0 aromatic carbocycles. The number of nitrogens with zero attached hydrogens (tertiary/aromatic N) is 4. The van der Waals surface area contributed by atoms with Crippen LogP contribution in [0.2, 0.25) is 0 Å². The first kappa shape index (κ1) is 44.9. The van der Waals surface area contributed by atoms with Gasteiger partial charge in [-0.15, -0.1) is 0 Å². The lowest BCUT2D eigenvalue weighted by atomic mass is 9.84. The van der Waals surface area contributed by atoms with Gasteiger partial charge in [-0.3, -0.25) is 27.7 Å². The lowest BCUT2D eigenvalue weighted by molar-refractivity contribution is -0.134. The maximum absolute atomic E-state index is 12.7. The highest BCUT2D eigenvalue weighted by atomic mass is 32.2. The molecule has 1 saturated heterocycles. The van der Waals surface area contributed by atoms with Crippen LogP contribution in [-0.2, 0) is 45.9 Å². The Balaban J connectivity index is 1.54. The molecule has 20 nitrogen and oxygen atoms in total. The van der Waals surface area contributed by atoms with Crippen LogP contribution in [0, 0.1) is 12.3 Å². The molecular weight excluding hydrogens is 773 g/mol. The Morgan fingerprint density at radius 1 is 0.981 bits per heavy atom. The van der Waals surface area contributed by atoms with Crippen molar-refractivity contribution < 1.29 is 75.7 Å². The number of imidazole rings is 1. The van der Waals surface area contributed by atoms with Crippen molar-refractivity contribution in [3.8, 4) is 0 Å². The zero-order chi connectivity index (χ0) is 39.3. The average molecular weight is 821 g/mol. The number of fused-ring (bicyclic) bond motifs is 1. The SMILES string of the molecule is Cc1ncnc2c1ncn2C1OC(COP(=O)(O)OP(=O)(O)OCC(C)(C)C(O)C(=O)CCCC(=O)CCCSC(C)(C)C)C(OP(=O)(O)O)C1O. The fourth-order valence-corrected chi connectivity index (χ4v) is 8.73. The minimum atomic E-state index is -5.51. The minimum absolute atomic E-state index is 0.00861. The molecule has 0 spiro atoms. The third kappa shape index (κ3) is 13.7. The molecule has 1 aliphatic heterocycles. The summed E-state index contributed by atoms with van der Waals surface area (Å²) in [6.45, 7) is 8.68. The van der Waals surface area contributed by atoms with Gasteiger partial charge < -0.3 is 34.5 Å². The summed E-state index contributed by atoms with van der Waals surface area (Å²) in [7, 11) is -16.2. The monoisotopic (exact) mass is 820 g/mol. The summed E-state index contributed by atoms with van der Waals surface area (Å²) < 4.78 is 62.5. The first-order valence-electron chi connectivity index (χ1n) is 16.0. The van der Waals surface area contributed by atoms with Gasteiger partial charge in [0.05, 0.1) is 25.2 Å². The van der Waals surface area contributed by atoms with Crippen LogP contribution in [0.3, 0.4) is 0 Å². The molecule has 6 N–H and O–H groups in total. The van der Waals surface area contributed by atoms with Crippen LogP contribution in [0.15, 0.2) is 12.7 Å². The van der Waals surface area contributed by atoms with Gasteiger partial charge in [0, 0.05) is 29.4 Å². The van der Waals surface area contributed by atoms with Crippen molar-refractivity contribution in [3.63, 3.8) is 0 Å². The van der Waals surface area contributed by atoms with E-state index >= 15 is 0 Å². The van der Waals surface area contributed by atoms with E-state index in [9.17, 15) is 53.1 Å². The molecule has 0 saturated carbocycles. The van der Waals surface area contributed by atoms with E-state index in [2.05, 4.69) is 44.6 Å². The molecule has 0 bridgehead atoms. The molecular formula is C28H47N4O16P3S. The summed E-state index contributed by atoms with van der Waals surface area (Å²) in [5, 5.41) is 21.5. The number of aryl methyl sites for hydroxylation is 1. The molecule has 0 amide bonds. The van der Waals surface area contributed by atoms with Gasteiger partial charge in [0.2, 0.25) is 0 Å². The van der Waals surface area contributed by atoms with Gasteiger partial charge in [0.1, 0.15) is 42.0 Å². The Hall–Kier alpha value is -1.51. The fourth-order valence-electron chi connectivity index (χ4n) is 5.00. The first-order valence-corrected chi connectivity index (χ1v) is 21.6. The molecule has 2 aromatic rings. The van der Waals surface area contributed by atoms with Gasteiger partial charge in [-0.25, -0.2) is 28.6 Å². The number of phosphoric acid groups is 3. The molecule has 0 aliphatic carbocycles. The smallest absolute Gasteiger partial charge is 0.386 e. The van der Waals surface area contributed by atoms with Crippen LogP contribution < -0.4 is 0 Å². The van der Waals surface area contributed by atoms with E-state index in [-0.39, 0.29) is 35.4 Å². The highest BCUT2D eigenvalue weighted by Crippen LogP contribution is 2.61. The minimum Gasteiger partial charge on any atom is -0.386 e. The molecule has 3 rings (SSSR count). The zero-order valence-electron chi connectivity index (χ0n) is 29.5. The largest absolute Gasteiger partial charge is 0.481 e. The number of aliphatic hydroxyl groups excluding tert-OH is 2. The number of carbonyl (C=O) groups is 2. The standard InChI is InChI=1S/C28H47N4O16P3S/c1-17-21-25(30-15-29-17)32(16-31-21)26-22(35)23(47-49(37,38)39)20(46-26)13-44-50(40,41)48-51(42,43)45-14-28(5,6)24(36)19(34)11-7-9-18(33)10-8-12-52-27(2,3)4/h15-16,20,22-24,26,35-36H,7-14H2,1-6H3,(H,40,41)(H,42,43)(H2,37,38,39). The van der Waals surface area contributed by atoms with Crippen molar-refractivity contribution >= 4 is 58.0 Å². The van der Waals surface area contributed by atoms with Crippen LogP contribution in [0.5, 0.6) is 0 Å². The van der Waals surface area contributed by atoms with E-state index in [0.717, 1.165) is 5.75 Å². The van der Waals surface area contributed by atoms with Gasteiger partial charge in [-0.2, -0.15) is 16.1 Å². The number of ether oxygens (including phenoxy) is 1. The van der Waals surface area contributed by atoms with Gasteiger partial charge in [0.15, 0.2) is 17.7 Å². The predicted octanol–water partition coefficient (Wildman–Crippen LogP) is 3.13. The number of phosphoric ester groups is 3. The third-order valence-electron chi connectivity index (χ3n) is 7.65. The number of aromatic nitrogens is 4. The molecule has 296 valence electrons. The van der Waals surface area contributed by atoms with E-state index < -0.39 is 78.5 Å². The number of thioether (sulfide) groups is 1. The topological polar surface area (TPSA) is 296 Å². The summed E-state index contributed by atoms with van der Waals surface area (Å²) in [6.07, 6.45) is -4.80. The Morgan fingerprint density at radius 3 is 2.25 bits per heavy atom. The van der Waals surface area contributed by atoms with Gasteiger partial charge in [-0.1, -0.05) is 34.6 Å². The maximum atomic E-state index is 12.7. The van der Waals surface area contributed by atoms with Crippen LogP contribution in [0.25, 0.3) is 11.2 Å². The number of carbonyl (C=O) groups excluding carboxylic acids is 2. The van der Waals surface area contributed by atoms with Crippen molar-refractivity contribution in [1.82, 2.24) is 19.5 Å². The number of ketones is 2. The van der Waals surface area contributed by atoms with Gasteiger partial charge in [0.25, 0.3) is 0 Å². The van der Waals surface area contributed by atoms with E-state index in [4.69, 9.17) is 13.8 Å². The van der Waals surface area contributed by atoms with E-state index in [1.807, 2.05) is 0 Å². The first-order chi connectivity index (χ1) is 23.8. The number of aliphatic hydroxyl groups is 2. The molecule has 7 atom stereocenters. The number of hydrogen-bond acceptors (Lipinski definition) is 16. The van der Waals surface area contributed by atoms with Gasteiger partial charge >= 0.3 is 23.5 Å². The van der Waals surface area contributed by atoms with Crippen LogP contribution in [-0.4, -0.2) is 109 Å². The highest BCUT2D eigenvalue weighted by molar-refractivity contribution is 8.00. The van der Waals surface area contributed by atoms with Crippen molar-refractivity contribution in [2.75, 3.05) is 19.0 Å². The second kappa shape index (κ2) is 18.0. The van der Waals surface area contributed by atoms with Crippen LogP contribution in [0.1, 0.15) is 78.6 Å². The zero-order valence-corrected chi connectivity index (χ0v) is 33.0. The lowest BCUT2D eigenvalue weighted by Crippen LogP contribution is -2.39. The van der Waals surface area contributed by atoms with Crippen molar-refractivity contribution in [1.29, 1.82) is 0 Å². The highest BCUT2D eigenvalue weighted by Gasteiger charge is 2.50. The summed E-state index contributed by atoms with van der Waals surface area (Å²) in [5.74, 6) is 0.169. The molecule has 52 heavy (non-hydrogen) atoms. The van der Waals surface area contributed by atoms with Crippen LogP contribution >= 0.6 is 35.2 Å².